The Hall–Kier alpha value is -0.870. The van der Waals surface area contributed by atoms with Crippen LogP contribution in [0.1, 0.15) is 38.2 Å². The maximum Gasteiger partial charge on any atom is 0.211 e. The molecule has 0 aliphatic heterocycles. The lowest BCUT2D eigenvalue weighted by Crippen LogP contribution is -2.46. The average molecular weight is 267 g/mol. The molecule has 100 valence electrons. The standard InChI is InChI=1S/C14H21NO2S/c1-2-11-18(16,17)15-12-14(9-6-10-14)13-7-4-3-5-8-13/h3-5,7-8,15H,2,6,9-12H2,1H3. The van der Waals surface area contributed by atoms with Gasteiger partial charge < -0.3 is 0 Å². The van der Waals surface area contributed by atoms with Crippen LogP contribution in [-0.4, -0.2) is 20.7 Å². The molecule has 4 heteroatoms. The predicted molar refractivity (Wildman–Crippen MR) is 74.1 cm³/mol. The molecule has 0 saturated heterocycles. The van der Waals surface area contributed by atoms with Gasteiger partial charge in [0.2, 0.25) is 10.0 Å². The van der Waals surface area contributed by atoms with E-state index < -0.39 is 10.0 Å². The minimum atomic E-state index is -3.10. The summed E-state index contributed by atoms with van der Waals surface area (Å²) in [6.45, 7) is 2.43. The molecule has 1 N–H and O–H groups in total. The van der Waals surface area contributed by atoms with Gasteiger partial charge >= 0.3 is 0 Å². The Morgan fingerprint density at radius 3 is 2.39 bits per heavy atom. The Bertz CT molecular complexity index is 478. The Morgan fingerprint density at radius 1 is 1.22 bits per heavy atom. The van der Waals surface area contributed by atoms with Crippen LogP contribution >= 0.6 is 0 Å². The monoisotopic (exact) mass is 267 g/mol. The van der Waals surface area contributed by atoms with Gasteiger partial charge in [-0.05, 0) is 24.8 Å². The predicted octanol–water partition coefficient (Wildman–Crippen LogP) is 2.44. The summed E-state index contributed by atoms with van der Waals surface area (Å²) in [6, 6.07) is 10.3. The van der Waals surface area contributed by atoms with Crippen molar-refractivity contribution in [2.45, 2.75) is 38.0 Å². The van der Waals surface area contributed by atoms with Crippen molar-refractivity contribution in [1.29, 1.82) is 0 Å². The molecule has 0 radical (unpaired) electrons. The van der Waals surface area contributed by atoms with Crippen LogP contribution in [0.3, 0.4) is 0 Å². The van der Waals surface area contributed by atoms with Crippen molar-refractivity contribution in [3.05, 3.63) is 35.9 Å². The first-order valence-corrected chi connectivity index (χ1v) is 8.26. The van der Waals surface area contributed by atoms with E-state index in [-0.39, 0.29) is 11.2 Å². The summed E-state index contributed by atoms with van der Waals surface area (Å²) in [6.07, 6.45) is 4.00. The summed E-state index contributed by atoms with van der Waals surface area (Å²) in [5.74, 6) is 0.220. The van der Waals surface area contributed by atoms with E-state index in [1.165, 1.54) is 12.0 Å². The van der Waals surface area contributed by atoms with Crippen molar-refractivity contribution in [3.8, 4) is 0 Å². The van der Waals surface area contributed by atoms with Crippen LogP contribution in [0.25, 0.3) is 0 Å². The molecule has 1 fully saturated rings. The second-order valence-corrected chi connectivity index (χ2v) is 7.07. The van der Waals surface area contributed by atoms with Crippen LogP contribution < -0.4 is 4.72 Å². The van der Waals surface area contributed by atoms with Crippen molar-refractivity contribution in [2.24, 2.45) is 0 Å². The summed E-state index contributed by atoms with van der Waals surface area (Å²) in [7, 11) is -3.10. The van der Waals surface area contributed by atoms with Gasteiger partial charge in [0.25, 0.3) is 0 Å². The van der Waals surface area contributed by atoms with Gasteiger partial charge in [0.1, 0.15) is 0 Å². The summed E-state index contributed by atoms with van der Waals surface area (Å²) >= 11 is 0. The second-order valence-electron chi connectivity index (χ2n) is 5.14. The molecule has 3 nitrogen and oxygen atoms in total. The quantitative estimate of drug-likeness (QED) is 0.860. The van der Waals surface area contributed by atoms with E-state index in [1.54, 1.807) is 0 Å². The zero-order valence-electron chi connectivity index (χ0n) is 10.9. The molecule has 1 aromatic carbocycles. The van der Waals surface area contributed by atoms with Gasteiger partial charge in [-0.3, -0.25) is 0 Å². The van der Waals surface area contributed by atoms with E-state index in [1.807, 2.05) is 25.1 Å². The fourth-order valence-electron chi connectivity index (χ4n) is 2.55. The van der Waals surface area contributed by atoms with Crippen molar-refractivity contribution < 1.29 is 8.42 Å². The number of hydrogen-bond donors (Lipinski definition) is 1. The van der Waals surface area contributed by atoms with Gasteiger partial charge in [0.05, 0.1) is 5.75 Å². The first kappa shape index (κ1) is 13.6. The van der Waals surface area contributed by atoms with Crippen LogP contribution in [0.5, 0.6) is 0 Å². The summed E-state index contributed by atoms with van der Waals surface area (Å²) < 4.78 is 26.2. The highest BCUT2D eigenvalue weighted by atomic mass is 32.2. The number of rotatable bonds is 6. The summed E-state index contributed by atoms with van der Waals surface area (Å²) in [5.41, 5.74) is 1.29. The molecule has 0 bridgehead atoms. The Morgan fingerprint density at radius 2 is 1.89 bits per heavy atom. The fraction of sp³-hybridized carbons (Fsp3) is 0.571. The largest absolute Gasteiger partial charge is 0.214 e. The van der Waals surface area contributed by atoms with Crippen LogP contribution in [-0.2, 0) is 15.4 Å². The lowest BCUT2D eigenvalue weighted by atomic mass is 9.64. The number of nitrogens with one attached hydrogen (secondary N) is 1. The maximum atomic E-state index is 11.7. The molecule has 0 aromatic heterocycles. The normalized spacial score (nSPS) is 18.3. The van der Waals surface area contributed by atoms with Gasteiger partial charge in [0, 0.05) is 12.0 Å². The maximum absolute atomic E-state index is 11.7. The molecule has 18 heavy (non-hydrogen) atoms. The zero-order chi connectivity index (χ0) is 13.1. The summed E-state index contributed by atoms with van der Waals surface area (Å²) in [4.78, 5) is 0. The molecule has 1 aliphatic rings. The van der Waals surface area contributed by atoms with E-state index in [0.717, 1.165) is 12.8 Å². The van der Waals surface area contributed by atoms with E-state index in [9.17, 15) is 8.42 Å². The zero-order valence-corrected chi connectivity index (χ0v) is 11.7. The van der Waals surface area contributed by atoms with Crippen molar-refractivity contribution in [3.63, 3.8) is 0 Å². The molecular weight excluding hydrogens is 246 g/mol. The number of hydrogen-bond acceptors (Lipinski definition) is 2. The minimum absolute atomic E-state index is 0.0298. The van der Waals surface area contributed by atoms with Crippen molar-refractivity contribution >= 4 is 10.0 Å². The fourth-order valence-corrected chi connectivity index (χ4v) is 3.73. The highest BCUT2D eigenvalue weighted by molar-refractivity contribution is 7.89. The lowest BCUT2D eigenvalue weighted by molar-refractivity contribution is 0.245. The highest BCUT2D eigenvalue weighted by Gasteiger charge is 2.39. The molecule has 0 unspecified atom stereocenters. The third kappa shape index (κ3) is 2.93. The van der Waals surface area contributed by atoms with Crippen LogP contribution in [0.4, 0.5) is 0 Å². The second kappa shape index (κ2) is 5.41. The lowest BCUT2D eigenvalue weighted by Gasteiger charge is -2.42. The Balaban J connectivity index is 2.07. The van der Waals surface area contributed by atoms with E-state index in [4.69, 9.17) is 0 Å². The van der Waals surface area contributed by atoms with Crippen molar-refractivity contribution in [1.82, 2.24) is 4.72 Å². The van der Waals surface area contributed by atoms with Gasteiger partial charge in [0.15, 0.2) is 0 Å². The third-order valence-electron chi connectivity index (χ3n) is 3.80. The third-order valence-corrected chi connectivity index (χ3v) is 5.33. The van der Waals surface area contributed by atoms with Crippen LogP contribution in [0, 0.1) is 0 Å². The molecule has 1 saturated carbocycles. The van der Waals surface area contributed by atoms with Crippen molar-refractivity contribution in [2.75, 3.05) is 12.3 Å². The molecule has 2 rings (SSSR count). The van der Waals surface area contributed by atoms with Gasteiger partial charge in [-0.25, -0.2) is 13.1 Å². The smallest absolute Gasteiger partial charge is 0.211 e. The van der Waals surface area contributed by atoms with E-state index in [0.29, 0.717) is 13.0 Å². The topological polar surface area (TPSA) is 46.2 Å². The first-order valence-electron chi connectivity index (χ1n) is 6.61. The molecule has 0 atom stereocenters. The number of sulfonamides is 1. The molecular formula is C14H21NO2S. The Labute approximate surface area is 110 Å². The van der Waals surface area contributed by atoms with E-state index >= 15 is 0 Å². The highest BCUT2D eigenvalue weighted by Crippen LogP contribution is 2.43. The molecule has 1 aromatic rings. The number of benzene rings is 1. The molecule has 1 aliphatic carbocycles. The van der Waals surface area contributed by atoms with Crippen LogP contribution in [0.15, 0.2) is 30.3 Å². The van der Waals surface area contributed by atoms with E-state index in [2.05, 4.69) is 16.9 Å². The molecule has 0 heterocycles. The minimum Gasteiger partial charge on any atom is -0.214 e. The molecule has 0 amide bonds. The Kier molecular flexibility index (Phi) is 4.07. The van der Waals surface area contributed by atoms with Crippen LogP contribution in [0.2, 0.25) is 0 Å². The molecule has 0 spiro atoms. The SMILES string of the molecule is CCCS(=O)(=O)NCC1(c2ccccc2)CCC1. The summed E-state index contributed by atoms with van der Waals surface area (Å²) in [5, 5.41) is 0. The van der Waals surface area contributed by atoms with Gasteiger partial charge in [-0.1, -0.05) is 43.7 Å². The van der Waals surface area contributed by atoms with Gasteiger partial charge in [-0.2, -0.15) is 0 Å². The van der Waals surface area contributed by atoms with Gasteiger partial charge in [-0.15, -0.1) is 0 Å². The first-order chi connectivity index (χ1) is 8.58. The average Bonchev–Trinajstić information content (AvgIpc) is 2.29.